The van der Waals surface area contributed by atoms with Crippen molar-refractivity contribution in [3.8, 4) is 0 Å². The van der Waals surface area contributed by atoms with Gasteiger partial charge in [-0.25, -0.2) is 9.78 Å². The SMILES string of the molecule is O=C(O)CCc1ccnc(=O)[nH]1. The van der Waals surface area contributed by atoms with Gasteiger partial charge in [0.1, 0.15) is 0 Å². The minimum absolute atomic E-state index is 0.0138. The zero-order valence-corrected chi connectivity index (χ0v) is 6.28. The Kier molecular flexibility index (Phi) is 2.57. The van der Waals surface area contributed by atoms with Gasteiger partial charge in [0, 0.05) is 11.9 Å². The van der Waals surface area contributed by atoms with E-state index in [0.717, 1.165) is 0 Å². The Balaban J connectivity index is 2.64. The third-order valence-electron chi connectivity index (χ3n) is 1.34. The lowest BCUT2D eigenvalue weighted by atomic mass is 10.2. The van der Waals surface area contributed by atoms with Gasteiger partial charge in [0.15, 0.2) is 0 Å². The molecule has 12 heavy (non-hydrogen) atoms. The molecule has 0 saturated carbocycles. The van der Waals surface area contributed by atoms with Crippen LogP contribution in [0.5, 0.6) is 0 Å². The summed E-state index contributed by atoms with van der Waals surface area (Å²) in [6.45, 7) is 0. The van der Waals surface area contributed by atoms with Gasteiger partial charge in [-0.3, -0.25) is 4.79 Å². The number of aliphatic carboxylic acids is 1. The number of H-pyrrole nitrogens is 1. The Morgan fingerprint density at radius 3 is 3.00 bits per heavy atom. The van der Waals surface area contributed by atoms with Crippen molar-refractivity contribution in [2.24, 2.45) is 0 Å². The van der Waals surface area contributed by atoms with E-state index in [1.807, 2.05) is 0 Å². The van der Waals surface area contributed by atoms with Crippen molar-refractivity contribution in [1.29, 1.82) is 0 Å². The molecule has 0 saturated heterocycles. The highest BCUT2D eigenvalue weighted by molar-refractivity contribution is 5.66. The first-order chi connectivity index (χ1) is 5.68. The Hall–Kier alpha value is -1.65. The van der Waals surface area contributed by atoms with Gasteiger partial charge in [0.2, 0.25) is 0 Å². The Morgan fingerprint density at radius 2 is 2.42 bits per heavy atom. The zero-order chi connectivity index (χ0) is 8.97. The molecule has 64 valence electrons. The van der Waals surface area contributed by atoms with Crippen LogP contribution in [0.3, 0.4) is 0 Å². The average molecular weight is 168 g/mol. The molecule has 1 rings (SSSR count). The fraction of sp³-hybridized carbons (Fsp3) is 0.286. The molecule has 0 fully saturated rings. The van der Waals surface area contributed by atoms with Crippen molar-refractivity contribution in [3.63, 3.8) is 0 Å². The fourth-order valence-corrected chi connectivity index (χ4v) is 0.794. The molecule has 0 radical (unpaired) electrons. The summed E-state index contributed by atoms with van der Waals surface area (Å²) in [6.07, 6.45) is 1.70. The summed E-state index contributed by atoms with van der Waals surface area (Å²) < 4.78 is 0. The summed E-state index contributed by atoms with van der Waals surface area (Å²) in [5.41, 5.74) is 0.148. The number of aromatic amines is 1. The second-order valence-corrected chi connectivity index (χ2v) is 2.29. The minimum atomic E-state index is -0.882. The second-order valence-electron chi connectivity index (χ2n) is 2.29. The molecule has 0 atom stereocenters. The largest absolute Gasteiger partial charge is 0.481 e. The number of rotatable bonds is 3. The summed E-state index contributed by atoms with van der Waals surface area (Å²) in [7, 11) is 0. The van der Waals surface area contributed by atoms with Crippen molar-refractivity contribution in [1.82, 2.24) is 9.97 Å². The molecule has 1 aromatic rings. The first-order valence-electron chi connectivity index (χ1n) is 3.44. The summed E-state index contributed by atoms with van der Waals surface area (Å²) in [5, 5.41) is 8.34. The second kappa shape index (κ2) is 3.66. The first kappa shape index (κ1) is 8.45. The van der Waals surface area contributed by atoms with Crippen LogP contribution >= 0.6 is 0 Å². The summed E-state index contributed by atoms with van der Waals surface area (Å²) in [6, 6.07) is 1.59. The van der Waals surface area contributed by atoms with Crippen LogP contribution in [0.25, 0.3) is 0 Å². The number of nitrogens with zero attached hydrogens (tertiary/aromatic N) is 1. The Labute approximate surface area is 68.1 Å². The Morgan fingerprint density at radius 1 is 1.67 bits per heavy atom. The summed E-state index contributed by atoms with van der Waals surface area (Å²) in [5.74, 6) is -0.882. The van der Waals surface area contributed by atoms with E-state index in [4.69, 9.17) is 5.11 Å². The van der Waals surface area contributed by atoms with Crippen molar-refractivity contribution in [3.05, 3.63) is 28.4 Å². The van der Waals surface area contributed by atoms with E-state index < -0.39 is 11.7 Å². The van der Waals surface area contributed by atoms with Crippen molar-refractivity contribution >= 4 is 5.97 Å². The minimum Gasteiger partial charge on any atom is -0.481 e. The number of aromatic nitrogens is 2. The van der Waals surface area contributed by atoms with Crippen molar-refractivity contribution < 1.29 is 9.90 Å². The molecular formula is C7H8N2O3. The lowest BCUT2D eigenvalue weighted by Gasteiger charge is -1.95. The molecule has 1 heterocycles. The van der Waals surface area contributed by atoms with Crippen LogP contribution in [0.15, 0.2) is 17.1 Å². The molecule has 5 heteroatoms. The van der Waals surface area contributed by atoms with Crippen LogP contribution in [0, 0.1) is 0 Å². The normalized spacial score (nSPS) is 9.67. The maximum absolute atomic E-state index is 10.6. The average Bonchev–Trinajstić information content (AvgIpc) is 2.01. The molecule has 1 aromatic heterocycles. The van der Waals surface area contributed by atoms with E-state index in [1.54, 1.807) is 6.07 Å². The van der Waals surface area contributed by atoms with Crippen LogP contribution in [-0.2, 0) is 11.2 Å². The third kappa shape index (κ3) is 2.53. The lowest BCUT2D eigenvalue weighted by molar-refractivity contribution is -0.136. The molecule has 0 spiro atoms. The number of hydrogen-bond donors (Lipinski definition) is 2. The lowest BCUT2D eigenvalue weighted by Crippen LogP contribution is -2.12. The molecule has 0 aromatic carbocycles. The van der Waals surface area contributed by atoms with Crippen LogP contribution in [0.4, 0.5) is 0 Å². The molecule has 0 aliphatic heterocycles. The van der Waals surface area contributed by atoms with Gasteiger partial charge in [-0.05, 0) is 12.5 Å². The Bertz CT molecular complexity index is 331. The van der Waals surface area contributed by atoms with Crippen LogP contribution in [0.1, 0.15) is 12.1 Å². The molecule has 0 aliphatic carbocycles. The van der Waals surface area contributed by atoms with Gasteiger partial charge < -0.3 is 10.1 Å². The fourth-order valence-electron chi connectivity index (χ4n) is 0.794. The summed E-state index contributed by atoms with van der Waals surface area (Å²) >= 11 is 0. The summed E-state index contributed by atoms with van der Waals surface area (Å²) in [4.78, 5) is 26.6. The highest BCUT2D eigenvalue weighted by Gasteiger charge is 1.98. The van der Waals surface area contributed by atoms with Crippen molar-refractivity contribution in [2.75, 3.05) is 0 Å². The number of nitrogens with one attached hydrogen (secondary N) is 1. The smallest absolute Gasteiger partial charge is 0.345 e. The van der Waals surface area contributed by atoms with Gasteiger partial charge in [-0.2, -0.15) is 0 Å². The van der Waals surface area contributed by atoms with Gasteiger partial charge in [0.25, 0.3) is 0 Å². The predicted molar refractivity (Wildman–Crippen MR) is 40.8 cm³/mol. The monoisotopic (exact) mass is 168 g/mol. The first-order valence-corrected chi connectivity index (χ1v) is 3.44. The molecule has 0 aliphatic rings. The highest BCUT2D eigenvalue weighted by atomic mass is 16.4. The molecular weight excluding hydrogens is 160 g/mol. The van der Waals surface area contributed by atoms with Crippen molar-refractivity contribution in [2.45, 2.75) is 12.8 Å². The van der Waals surface area contributed by atoms with E-state index in [2.05, 4.69) is 9.97 Å². The number of hydrogen-bond acceptors (Lipinski definition) is 3. The van der Waals surface area contributed by atoms with Gasteiger partial charge in [-0.1, -0.05) is 0 Å². The van der Waals surface area contributed by atoms with E-state index in [1.165, 1.54) is 6.20 Å². The maximum Gasteiger partial charge on any atom is 0.345 e. The number of carboxylic acids is 1. The highest BCUT2D eigenvalue weighted by Crippen LogP contribution is 1.94. The molecule has 5 nitrogen and oxygen atoms in total. The molecule has 0 unspecified atom stereocenters. The number of aryl methyl sites for hydroxylation is 1. The topological polar surface area (TPSA) is 83.0 Å². The molecule has 2 N–H and O–H groups in total. The maximum atomic E-state index is 10.6. The quantitative estimate of drug-likeness (QED) is 0.654. The molecule has 0 amide bonds. The third-order valence-corrected chi connectivity index (χ3v) is 1.34. The van der Waals surface area contributed by atoms with E-state index in [-0.39, 0.29) is 6.42 Å². The number of carbonyl (C=O) groups is 1. The van der Waals surface area contributed by atoms with Gasteiger partial charge >= 0.3 is 11.7 Å². The molecule has 0 bridgehead atoms. The van der Waals surface area contributed by atoms with Crippen LogP contribution < -0.4 is 5.69 Å². The van der Waals surface area contributed by atoms with Gasteiger partial charge in [-0.15, -0.1) is 0 Å². The number of carboxylic acid groups (broad SMARTS) is 1. The van der Waals surface area contributed by atoms with Crippen LogP contribution in [0.2, 0.25) is 0 Å². The van der Waals surface area contributed by atoms with E-state index in [9.17, 15) is 9.59 Å². The zero-order valence-electron chi connectivity index (χ0n) is 6.28. The van der Waals surface area contributed by atoms with E-state index >= 15 is 0 Å². The predicted octanol–water partition coefficient (Wildman–Crippen LogP) is -0.213. The van der Waals surface area contributed by atoms with Crippen LogP contribution in [-0.4, -0.2) is 21.0 Å². The van der Waals surface area contributed by atoms with Gasteiger partial charge in [0.05, 0.1) is 6.42 Å². The standard InChI is InChI=1S/C7H8N2O3/c10-6(11)2-1-5-3-4-8-7(12)9-5/h3-4H,1-2H2,(H,10,11)(H,8,9,12). The van der Waals surface area contributed by atoms with E-state index in [0.29, 0.717) is 12.1 Å².